The second-order valence-corrected chi connectivity index (χ2v) is 4.39. The molecule has 25 heavy (non-hydrogen) atoms. The van der Waals surface area contributed by atoms with Gasteiger partial charge in [-0.3, -0.25) is 19.8 Å². The van der Waals surface area contributed by atoms with Crippen LogP contribution in [0.1, 0.15) is 33.6 Å². The van der Waals surface area contributed by atoms with Crippen LogP contribution in [0.15, 0.2) is 0 Å². The summed E-state index contributed by atoms with van der Waals surface area (Å²) < 4.78 is 0. The molecule has 0 aromatic rings. The lowest BCUT2D eigenvalue weighted by molar-refractivity contribution is -0.139. The van der Waals surface area contributed by atoms with Crippen LogP contribution in [0, 0.1) is 5.41 Å². The molecule has 150 valence electrons. The molecular formula is C13H31N5O7. The van der Waals surface area contributed by atoms with E-state index in [9.17, 15) is 9.59 Å². The van der Waals surface area contributed by atoms with E-state index < -0.39 is 30.0 Å². The highest BCUT2D eigenvalue weighted by Crippen LogP contribution is 1.92. The van der Waals surface area contributed by atoms with Gasteiger partial charge in [-0.15, -0.1) is 0 Å². The molecule has 0 radical (unpaired) electrons. The molecule has 0 heterocycles. The van der Waals surface area contributed by atoms with Crippen LogP contribution in [0.4, 0.5) is 0 Å². The lowest BCUT2D eigenvalue weighted by atomic mass is 10.2. The predicted octanol–water partition coefficient (Wildman–Crippen LogP) is -1.83. The fourth-order valence-electron chi connectivity index (χ4n) is 0.669. The van der Waals surface area contributed by atoms with Crippen LogP contribution >= 0.6 is 0 Å². The Bertz CT molecular complexity index is 374. The quantitative estimate of drug-likeness (QED) is 0.143. The zero-order valence-corrected chi connectivity index (χ0v) is 14.7. The highest BCUT2D eigenvalue weighted by atomic mass is 16.4. The first-order valence-corrected chi connectivity index (χ1v) is 7.18. The number of aliphatic hydroxyl groups excluding tert-OH is 1. The molecule has 0 unspecified atom stereocenters. The number of rotatable bonds is 6. The maximum absolute atomic E-state index is 10.2. The number of hydrogen-bond acceptors (Lipinski definition) is 7. The molecule has 0 rings (SSSR count). The molecule has 0 saturated heterocycles. The van der Waals surface area contributed by atoms with Crippen LogP contribution in [-0.2, 0) is 14.4 Å². The number of nitrogens with one attached hydrogen (secondary N) is 2. The largest absolute Gasteiger partial charge is 0.481 e. The first-order chi connectivity index (χ1) is 11.3. The molecule has 0 saturated carbocycles. The Balaban J connectivity index is -0.000000141. The third-order valence-electron chi connectivity index (χ3n) is 1.71. The van der Waals surface area contributed by atoms with E-state index in [1.807, 2.05) is 0 Å². The lowest BCUT2D eigenvalue weighted by Gasteiger charge is -2.06. The average molecular weight is 369 g/mol. The molecule has 0 aromatic heterocycles. The summed E-state index contributed by atoms with van der Waals surface area (Å²) in [6.45, 7) is 4.92. The Morgan fingerprint density at radius 1 is 1.12 bits per heavy atom. The molecule has 0 aliphatic heterocycles. The van der Waals surface area contributed by atoms with Crippen molar-refractivity contribution in [2.75, 3.05) is 13.2 Å². The smallest absolute Gasteiger partial charge is 0.320 e. The van der Waals surface area contributed by atoms with Crippen molar-refractivity contribution in [3.8, 4) is 0 Å². The van der Waals surface area contributed by atoms with Gasteiger partial charge in [0, 0.05) is 20.1 Å². The van der Waals surface area contributed by atoms with E-state index >= 15 is 0 Å². The van der Waals surface area contributed by atoms with E-state index in [0.29, 0.717) is 19.4 Å². The fourth-order valence-corrected chi connectivity index (χ4v) is 0.669. The molecule has 12 heteroatoms. The maximum Gasteiger partial charge on any atom is 0.320 e. The van der Waals surface area contributed by atoms with Gasteiger partial charge in [-0.05, 0) is 26.7 Å². The summed E-state index contributed by atoms with van der Waals surface area (Å²) in [6, 6.07) is -1.55. The summed E-state index contributed by atoms with van der Waals surface area (Å²) in [7, 11) is 0. The fraction of sp³-hybridized carbons (Fsp3) is 0.692. The number of guanidine groups is 1. The molecule has 12 nitrogen and oxygen atoms in total. The van der Waals surface area contributed by atoms with Gasteiger partial charge in [-0.1, -0.05) is 0 Å². The Morgan fingerprint density at radius 3 is 1.64 bits per heavy atom. The first-order valence-electron chi connectivity index (χ1n) is 7.18. The average Bonchev–Trinajstić information content (AvgIpc) is 2.43. The minimum Gasteiger partial charge on any atom is -0.481 e. The van der Waals surface area contributed by atoms with Crippen molar-refractivity contribution in [1.82, 2.24) is 5.32 Å². The van der Waals surface area contributed by atoms with Crippen molar-refractivity contribution in [3.05, 3.63) is 0 Å². The first kappa shape index (κ1) is 30.4. The van der Waals surface area contributed by atoms with E-state index in [2.05, 4.69) is 5.32 Å². The van der Waals surface area contributed by atoms with Gasteiger partial charge < -0.3 is 42.9 Å². The van der Waals surface area contributed by atoms with Crippen LogP contribution in [0.5, 0.6) is 0 Å². The number of hydrogen-bond donors (Lipinski definition) is 9. The zero-order chi connectivity index (χ0) is 21.0. The van der Waals surface area contributed by atoms with Crippen molar-refractivity contribution in [3.63, 3.8) is 0 Å². The number of aliphatic hydroxyl groups is 1. The summed E-state index contributed by atoms with van der Waals surface area (Å²) in [5.41, 5.74) is 15.1. The monoisotopic (exact) mass is 369 g/mol. The summed E-state index contributed by atoms with van der Waals surface area (Å²) in [6.07, 6.45) is 0.975. The Hall–Kier alpha value is -2.44. The van der Waals surface area contributed by atoms with Crippen molar-refractivity contribution in [2.45, 2.75) is 45.7 Å². The van der Waals surface area contributed by atoms with Crippen LogP contribution < -0.4 is 22.5 Å². The molecule has 0 fully saturated rings. The number of carboxylic acid groups (broad SMARTS) is 3. The molecule has 0 amide bonds. The zero-order valence-electron chi connectivity index (χ0n) is 14.7. The lowest BCUT2D eigenvalue weighted by Crippen LogP contribution is -2.34. The van der Waals surface area contributed by atoms with Gasteiger partial charge in [-0.25, -0.2) is 0 Å². The van der Waals surface area contributed by atoms with Gasteiger partial charge in [0.05, 0.1) is 0 Å². The van der Waals surface area contributed by atoms with Gasteiger partial charge in [0.1, 0.15) is 12.1 Å². The van der Waals surface area contributed by atoms with E-state index in [1.165, 1.54) is 6.92 Å². The van der Waals surface area contributed by atoms with E-state index in [4.69, 9.17) is 47.8 Å². The molecule has 12 N–H and O–H groups in total. The van der Waals surface area contributed by atoms with Gasteiger partial charge in [0.25, 0.3) is 5.97 Å². The van der Waals surface area contributed by atoms with Crippen molar-refractivity contribution in [1.29, 1.82) is 5.41 Å². The van der Waals surface area contributed by atoms with Crippen LogP contribution in [-0.4, -0.2) is 69.5 Å². The second kappa shape index (κ2) is 21.6. The van der Waals surface area contributed by atoms with Crippen LogP contribution in [0.3, 0.4) is 0 Å². The Kier molecular flexibility index (Phi) is 26.3. The number of nitrogens with two attached hydrogens (primary N) is 3. The SMILES string of the molecule is CC(=O)O.CCO.C[C@H](N)C(=O)O.N=C(N)NCCC[C@H](N)C(=O)O. The van der Waals surface area contributed by atoms with Gasteiger partial charge >= 0.3 is 11.9 Å². The van der Waals surface area contributed by atoms with E-state index in [-0.39, 0.29) is 12.6 Å². The standard InChI is InChI=1S/C6H14N4O2.C3H7NO2.C2H4O2.C2H6O/c7-4(5(11)12)2-1-3-10-6(8)9;1-2(4)3(5)6;1-2(3)4;1-2-3/h4H,1-3,7H2,(H,11,12)(H4,8,9,10);2H,4H2,1H3,(H,5,6);1H3,(H,3,4);3H,2H2,1H3/t4-;2-;;/m00../s1. The van der Waals surface area contributed by atoms with E-state index in [0.717, 1.165) is 6.92 Å². The van der Waals surface area contributed by atoms with Gasteiger partial charge in [-0.2, -0.15) is 0 Å². The summed E-state index contributed by atoms with van der Waals surface area (Å²) >= 11 is 0. The summed E-state index contributed by atoms with van der Waals surface area (Å²) in [5.74, 6) is -2.91. The minimum atomic E-state index is -1.00. The molecular weight excluding hydrogens is 338 g/mol. The van der Waals surface area contributed by atoms with E-state index in [1.54, 1.807) is 6.92 Å². The molecule has 0 aliphatic carbocycles. The normalized spacial score (nSPS) is 10.8. The van der Waals surface area contributed by atoms with Gasteiger partial charge in [0.15, 0.2) is 5.96 Å². The highest BCUT2D eigenvalue weighted by molar-refractivity contribution is 5.74. The summed E-state index contributed by atoms with van der Waals surface area (Å²) in [4.78, 5) is 28.8. The van der Waals surface area contributed by atoms with Crippen molar-refractivity contribution in [2.24, 2.45) is 17.2 Å². The Labute approximate surface area is 146 Å². The third kappa shape index (κ3) is 52.3. The number of carbonyl (C=O) groups is 3. The van der Waals surface area contributed by atoms with Crippen LogP contribution in [0.25, 0.3) is 0 Å². The molecule has 0 aliphatic rings. The van der Waals surface area contributed by atoms with Crippen molar-refractivity contribution >= 4 is 23.9 Å². The maximum atomic E-state index is 10.2. The topological polar surface area (TPSA) is 246 Å². The van der Waals surface area contributed by atoms with Gasteiger partial charge in [0.2, 0.25) is 0 Å². The molecule has 2 atom stereocenters. The van der Waals surface area contributed by atoms with Crippen LogP contribution in [0.2, 0.25) is 0 Å². The summed E-state index contributed by atoms with van der Waals surface area (Å²) in [5, 5.41) is 40.6. The third-order valence-corrected chi connectivity index (χ3v) is 1.71. The molecule has 0 aromatic carbocycles. The van der Waals surface area contributed by atoms with Crippen molar-refractivity contribution < 1.29 is 34.8 Å². The predicted molar refractivity (Wildman–Crippen MR) is 92.1 cm³/mol. The molecule has 0 bridgehead atoms. The number of carboxylic acids is 3. The second-order valence-electron chi connectivity index (χ2n) is 4.39. The Morgan fingerprint density at radius 2 is 1.44 bits per heavy atom. The number of aliphatic carboxylic acids is 3. The minimum absolute atomic E-state index is 0.112. The molecule has 0 spiro atoms. The highest BCUT2D eigenvalue weighted by Gasteiger charge is 2.09.